The van der Waals surface area contributed by atoms with Crippen molar-refractivity contribution in [2.45, 2.75) is 40.3 Å². The first-order valence-electron chi connectivity index (χ1n) is 7.61. The molecule has 2 N–H and O–H groups in total. The summed E-state index contributed by atoms with van der Waals surface area (Å²) >= 11 is 0. The Bertz CT molecular complexity index is 552. The second-order valence-corrected chi connectivity index (χ2v) is 5.71. The Kier molecular flexibility index (Phi) is 5.21. The third-order valence-electron chi connectivity index (χ3n) is 4.08. The molecule has 1 heterocycles. The van der Waals surface area contributed by atoms with Gasteiger partial charge in [-0.05, 0) is 56.1 Å². The summed E-state index contributed by atoms with van der Waals surface area (Å²) in [5.74, 6) is 0.984. The van der Waals surface area contributed by atoms with Crippen LogP contribution in [0.3, 0.4) is 0 Å². The van der Waals surface area contributed by atoms with Crippen molar-refractivity contribution in [3.05, 3.63) is 58.5 Å². The van der Waals surface area contributed by atoms with Gasteiger partial charge in [-0.3, -0.25) is 4.90 Å². The number of nitrogens with zero attached hydrogens (tertiary/aromatic N) is 1. The van der Waals surface area contributed by atoms with Gasteiger partial charge in [0.15, 0.2) is 0 Å². The molecule has 1 unspecified atom stereocenters. The molecule has 1 atom stereocenters. The summed E-state index contributed by atoms with van der Waals surface area (Å²) in [5.41, 5.74) is 11.4. The van der Waals surface area contributed by atoms with Gasteiger partial charge in [0.1, 0.15) is 5.76 Å². The van der Waals surface area contributed by atoms with Crippen LogP contribution in [0.5, 0.6) is 0 Å². The molecule has 1 aromatic heterocycles. The summed E-state index contributed by atoms with van der Waals surface area (Å²) in [4.78, 5) is 2.38. The lowest BCUT2D eigenvalue weighted by atomic mass is 9.93. The van der Waals surface area contributed by atoms with E-state index in [1.807, 2.05) is 12.1 Å². The monoisotopic (exact) mass is 286 g/mol. The van der Waals surface area contributed by atoms with Gasteiger partial charge in [-0.15, -0.1) is 0 Å². The molecule has 1 aromatic carbocycles. The molecule has 0 bridgehead atoms. The topological polar surface area (TPSA) is 42.4 Å². The molecule has 3 nitrogen and oxygen atoms in total. The van der Waals surface area contributed by atoms with Crippen LogP contribution in [0.15, 0.2) is 34.9 Å². The zero-order chi connectivity index (χ0) is 15.4. The van der Waals surface area contributed by atoms with Crippen molar-refractivity contribution in [3.63, 3.8) is 0 Å². The van der Waals surface area contributed by atoms with Crippen LogP contribution < -0.4 is 5.73 Å². The highest BCUT2D eigenvalue weighted by atomic mass is 16.3. The minimum Gasteiger partial charge on any atom is -0.468 e. The zero-order valence-electron chi connectivity index (χ0n) is 13.5. The lowest BCUT2D eigenvalue weighted by molar-refractivity contribution is 0.187. The minimum absolute atomic E-state index is 0.223. The number of hydrogen-bond acceptors (Lipinski definition) is 3. The molecular formula is C18H26N2O. The Morgan fingerprint density at radius 2 is 1.86 bits per heavy atom. The van der Waals surface area contributed by atoms with Gasteiger partial charge in [-0.2, -0.15) is 0 Å². The highest BCUT2D eigenvalue weighted by Crippen LogP contribution is 2.28. The maximum Gasteiger partial charge on any atom is 0.117 e. The molecular weight excluding hydrogens is 260 g/mol. The summed E-state index contributed by atoms with van der Waals surface area (Å²) in [7, 11) is 0. The van der Waals surface area contributed by atoms with Crippen LogP contribution in [0.4, 0.5) is 0 Å². The van der Waals surface area contributed by atoms with Crippen molar-refractivity contribution in [2.75, 3.05) is 13.1 Å². The average Bonchev–Trinajstić information content (AvgIpc) is 2.93. The highest BCUT2D eigenvalue weighted by molar-refractivity contribution is 5.40. The van der Waals surface area contributed by atoms with Crippen LogP contribution >= 0.6 is 0 Å². The summed E-state index contributed by atoms with van der Waals surface area (Å²) in [6.07, 6.45) is 1.73. The van der Waals surface area contributed by atoms with Crippen molar-refractivity contribution in [1.29, 1.82) is 0 Å². The van der Waals surface area contributed by atoms with Crippen molar-refractivity contribution in [1.82, 2.24) is 4.90 Å². The van der Waals surface area contributed by atoms with Crippen LogP contribution in [0.25, 0.3) is 0 Å². The third-order valence-corrected chi connectivity index (χ3v) is 4.08. The van der Waals surface area contributed by atoms with E-state index in [9.17, 15) is 0 Å². The van der Waals surface area contributed by atoms with Crippen LogP contribution in [0, 0.1) is 20.8 Å². The number of benzene rings is 1. The van der Waals surface area contributed by atoms with Gasteiger partial charge in [0.05, 0.1) is 12.8 Å². The molecule has 2 aromatic rings. The first-order valence-corrected chi connectivity index (χ1v) is 7.61. The van der Waals surface area contributed by atoms with Crippen LogP contribution in [0.2, 0.25) is 0 Å². The maximum atomic E-state index is 6.11. The van der Waals surface area contributed by atoms with E-state index in [1.165, 1.54) is 22.3 Å². The van der Waals surface area contributed by atoms with Gasteiger partial charge in [0.2, 0.25) is 0 Å². The molecule has 0 saturated heterocycles. The van der Waals surface area contributed by atoms with Gasteiger partial charge >= 0.3 is 0 Å². The summed E-state index contributed by atoms with van der Waals surface area (Å²) in [5, 5.41) is 0. The van der Waals surface area contributed by atoms with E-state index < -0.39 is 0 Å². The summed E-state index contributed by atoms with van der Waals surface area (Å²) in [6.45, 7) is 11.0. The molecule has 0 amide bonds. The summed E-state index contributed by atoms with van der Waals surface area (Å²) < 4.78 is 5.49. The average molecular weight is 286 g/mol. The van der Waals surface area contributed by atoms with E-state index in [0.717, 1.165) is 18.8 Å². The quantitative estimate of drug-likeness (QED) is 0.880. The lowest BCUT2D eigenvalue weighted by Crippen LogP contribution is -2.34. The first kappa shape index (κ1) is 15.8. The Morgan fingerprint density at radius 3 is 2.33 bits per heavy atom. The van der Waals surface area contributed by atoms with Crippen molar-refractivity contribution < 1.29 is 4.42 Å². The number of likely N-dealkylation sites (N-methyl/N-ethyl adjacent to an activating group) is 1. The maximum absolute atomic E-state index is 6.11. The normalized spacial score (nSPS) is 12.9. The second kappa shape index (κ2) is 6.92. The number of aryl methyl sites for hydroxylation is 3. The van der Waals surface area contributed by atoms with Crippen LogP contribution in [-0.2, 0) is 6.54 Å². The van der Waals surface area contributed by atoms with Gasteiger partial charge in [0, 0.05) is 12.6 Å². The fraction of sp³-hybridized carbons (Fsp3) is 0.444. The standard InChI is InChI=1S/C18H26N2O/c1-5-20(12-16-7-6-8-21-16)17(11-19)18-14(3)9-13(2)10-15(18)4/h6-10,17H,5,11-12,19H2,1-4H3. The number of furan rings is 1. The summed E-state index contributed by atoms with van der Waals surface area (Å²) in [6, 6.07) is 8.66. The van der Waals surface area contributed by atoms with E-state index >= 15 is 0 Å². The first-order chi connectivity index (χ1) is 10.1. The van der Waals surface area contributed by atoms with E-state index in [-0.39, 0.29) is 6.04 Å². The van der Waals surface area contributed by atoms with E-state index in [2.05, 4.69) is 44.7 Å². The van der Waals surface area contributed by atoms with Crippen LogP contribution in [-0.4, -0.2) is 18.0 Å². The third kappa shape index (κ3) is 3.55. The van der Waals surface area contributed by atoms with Crippen molar-refractivity contribution in [2.24, 2.45) is 5.73 Å². The molecule has 0 radical (unpaired) electrons. The molecule has 0 aliphatic carbocycles. The van der Waals surface area contributed by atoms with Gasteiger partial charge in [-0.25, -0.2) is 0 Å². The molecule has 0 saturated carbocycles. The Hall–Kier alpha value is -1.58. The molecule has 0 fully saturated rings. The molecule has 0 spiro atoms. The van der Waals surface area contributed by atoms with Gasteiger partial charge in [-0.1, -0.05) is 24.6 Å². The van der Waals surface area contributed by atoms with Gasteiger partial charge in [0.25, 0.3) is 0 Å². The zero-order valence-corrected chi connectivity index (χ0v) is 13.5. The van der Waals surface area contributed by atoms with Gasteiger partial charge < -0.3 is 10.2 Å². The minimum atomic E-state index is 0.223. The Morgan fingerprint density at radius 1 is 1.19 bits per heavy atom. The fourth-order valence-electron chi connectivity index (χ4n) is 3.21. The number of nitrogens with two attached hydrogens (primary N) is 1. The smallest absolute Gasteiger partial charge is 0.117 e. The number of rotatable bonds is 6. The molecule has 3 heteroatoms. The molecule has 0 aliphatic rings. The second-order valence-electron chi connectivity index (χ2n) is 5.71. The number of hydrogen-bond donors (Lipinski definition) is 1. The van der Waals surface area contributed by atoms with Crippen LogP contribution in [0.1, 0.15) is 41.0 Å². The predicted molar refractivity (Wildman–Crippen MR) is 87.2 cm³/mol. The Labute approximate surface area is 127 Å². The van der Waals surface area contributed by atoms with E-state index in [1.54, 1.807) is 6.26 Å². The molecule has 114 valence electrons. The van der Waals surface area contributed by atoms with E-state index in [0.29, 0.717) is 6.54 Å². The molecule has 21 heavy (non-hydrogen) atoms. The molecule has 2 rings (SSSR count). The molecule has 0 aliphatic heterocycles. The fourth-order valence-corrected chi connectivity index (χ4v) is 3.21. The van der Waals surface area contributed by atoms with Crippen molar-refractivity contribution in [3.8, 4) is 0 Å². The highest BCUT2D eigenvalue weighted by Gasteiger charge is 2.22. The van der Waals surface area contributed by atoms with Crippen molar-refractivity contribution >= 4 is 0 Å². The Balaban J connectivity index is 2.33. The SMILES string of the molecule is CCN(Cc1ccco1)C(CN)c1c(C)cc(C)cc1C. The van der Waals surface area contributed by atoms with E-state index in [4.69, 9.17) is 10.2 Å². The predicted octanol–water partition coefficient (Wildman–Crippen LogP) is 3.73. The largest absolute Gasteiger partial charge is 0.468 e. The lowest BCUT2D eigenvalue weighted by Gasteiger charge is -2.32.